The molecule has 0 aliphatic carbocycles. The van der Waals surface area contributed by atoms with Crippen molar-refractivity contribution in [2.45, 2.75) is 6.92 Å². The molecule has 3 aromatic rings. The lowest BCUT2D eigenvalue weighted by molar-refractivity contribution is -0.384. The fourth-order valence-electron chi connectivity index (χ4n) is 2.65. The summed E-state index contributed by atoms with van der Waals surface area (Å²) in [5, 5.41) is 20.1. The molecule has 136 valence electrons. The highest BCUT2D eigenvalue weighted by Gasteiger charge is 2.08. The van der Waals surface area contributed by atoms with Gasteiger partial charge in [0, 0.05) is 28.8 Å². The van der Waals surface area contributed by atoms with E-state index in [2.05, 4.69) is 15.8 Å². The Morgan fingerprint density at radius 1 is 1.07 bits per heavy atom. The van der Waals surface area contributed by atoms with Gasteiger partial charge < -0.3 is 5.32 Å². The molecule has 0 spiro atoms. The summed E-state index contributed by atoms with van der Waals surface area (Å²) in [7, 11) is 0. The average molecular weight is 362 g/mol. The minimum atomic E-state index is -0.469. The van der Waals surface area contributed by atoms with Gasteiger partial charge in [-0.05, 0) is 18.4 Å². The number of hydrogen-bond donors (Lipinski definition) is 2. The lowest BCUT2D eigenvalue weighted by atomic mass is 10.1. The van der Waals surface area contributed by atoms with Crippen LogP contribution in [0.4, 0.5) is 11.4 Å². The molecule has 0 saturated heterocycles. The summed E-state index contributed by atoms with van der Waals surface area (Å²) in [5.74, 6) is -0.312. The van der Waals surface area contributed by atoms with Gasteiger partial charge in [0.25, 0.3) is 11.6 Å². The molecule has 0 aliphatic heterocycles. The molecule has 3 rings (SSSR count). The average Bonchev–Trinajstić information content (AvgIpc) is 2.70. The lowest BCUT2D eigenvalue weighted by Crippen LogP contribution is -2.26. The quantitative estimate of drug-likeness (QED) is 0.397. The number of non-ortho nitro benzene ring substituents is 1. The molecule has 0 aromatic heterocycles. The summed E-state index contributed by atoms with van der Waals surface area (Å²) in [6, 6.07) is 19.8. The smallest absolute Gasteiger partial charge is 0.270 e. The van der Waals surface area contributed by atoms with E-state index >= 15 is 0 Å². The third kappa shape index (κ3) is 4.46. The van der Waals surface area contributed by atoms with Crippen LogP contribution in [0.25, 0.3) is 10.8 Å². The highest BCUT2D eigenvalue weighted by atomic mass is 16.6. The number of benzene rings is 3. The van der Waals surface area contributed by atoms with Crippen molar-refractivity contribution < 1.29 is 9.72 Å². The van der Waals surface area contributed by atoms with Crippen molar-refractivity contribution in [2.24, 2.45) is 5.10 Å². The molecule has 27 heavy (non-hydrogen) atoms. The Balaban J connectivity index is 1.63. The van der Waals surface area contributed by atoms with E-state index < -0.39 is 4.92 Å². The van der Waals surface area contributed by atoms with Crippen LogP contribution in [-0.2, 0) is 4.79 Å². The predicted octanol–water partition coefficient (Wildman–Crippen LogP) is 3.70. The minimum absolute atomic E-state index is 0.0222. The molecule has 3 aromatic carbocycles. The molecule has 1 amide bonds. The van der Waals surface area contributed by atoms with Crippen LogP contribution in [0.3, 0.4) is 0 Å². The van der Waals surface area contributed by atoms with Gasteiger partial charge in [-0.3, -0.25) is 14.9 Å². The molecule has 0 fully saturated rings. The fraction of sp³-hybridized carbons (Fsp3) is 0.100. The molecular formula is C20H18N4O3. The first-order valence-electron chi connectivity index (χ1n) is 8.34. The van der Waals surface area contributed by atoms with E-state index in [1.165, 1.54) is 12.1 Å². The number of carbonyl (C=O) groups excluding carboxylic acids is 1. The Morgan fingerprint density at radius 2 is 1.81 bits per heavy atom. The van der Waals surface area contributed by atoms with Gasteiger partial charge in [0.1, 0.15) is 0 Å². The van der Waals surface area contributed by atoms with E-state index in [0.717, 1.165) is 16.5 Å². The molecule has 0 unspecified atom stereocenters. The number of nitro benzene ring substituents is 1. The summed E-state index contributed by atoms with van der Waals surface area (Å²) in [4.78, 5) is 22.4. The maximum atomic E-state index is 12.1. The molecule has 0 radical (unpaired) electrons. The van der Waals surface area contributed by atoms with Crippen LogP contribution in [0.2, 0.25) is 0 Å². The number of nitrogens with zero attached hydrogens (tertiary/aromatic N) is 2. The Hall–Kier alpha value is -3.74. The normalized spacial score (nSPS) is 11.2. The van der Waals surface area contributed by atoms with Crippen molar-refractivity contribution in [1.29, 1.82) is 0 Å². The minimum Gasteiger partial charge on any atom is -0.376 e. The largest absolute Gasteiger partial charge is 0.376 e. The first kappa shape index (κ1) is 18.1. The first-order chi connectivity index (χ1) is 13.0. The molecule has 0 saturated carbocycles. The van der Waals surface area contributed by atoms with E-state index in [4.69, 9.17) is 0 Å². The number of hydrazone groups is 1. The van der Waals surface area contributed by atoms with Gasteiger partial charge in [-0.2, -0.15) is 5.10 Å². The van der Waals surface area contributed by atoms with Crippen LogP contribution in [-0.4, -0.2) is 23.1 Å². The Morgan fingerprint density at radius 3 is 2.63 bits per heavy atom. The van der Waals surface area contributed by atoms with Crippen molar-refractivity contribution >= 4 is 33.8 Å². The third-order valence-electron chi connectivity index (χ3n) is 4.05. The molecule has 2 N–H and O–H groups in total. The summed E-state index contributed by atoms with van der Waals surface area (Å²) in [5.41, 5.74) is 4.36. The zero-order valence-corrected chi connectivity index (χ0v) is 14.7. The van der Waals surface area contributed by atoms with Crippen LogP contribution in [0.1, 0.15) is 12.5 Å². The van der Waals surface area contributed by atoms with Crippen molar-refractivity contribution in [3.05, 3.63) is 82.4 Å². The zero-order chi connectivity index (χ0) is 19.2. The van der Waals surface area contributed by atoms with Crippen molar-refractivity contribution in [1.82, 2.24) is 5.43 Å². The summed E-state index contributed by atoms with van der Waals surface area (Å²) in [6.45, 7) is 1.73. The second-order valence-electron chi connectivity index (χ2n) is 5.92. The molecule has 7 nitrogen and oxygen atoms in total. The van der Waals surface area contributed by atoms with Gasteiger partial charge >= 0.3 is 0 Å². The molecule has 7 heteroatoms. The molecule has 0 bridgehead atoms. The number of amides is 1. The number of anilines is 1. The van der Waals surface area contributed by atoms with E-state index in [-0.39, 0.29) is 18.1 Å². The van der Waals surface area contributed by atoms with Crippen LogP contribution >= 0.6 is 0 Å². The van der Waals surface area contributed by atoms with Crippen LogP contribution < -0.4 is 10.7 Å². The first-order valence-corrected chi connectivity index (χ1v) is 8.34. The Kier molecular flexibility index (Phi) is 5.41. The molecule has 0 aliphatic rings. The van der Waals surface area contributed by atoms with Gasteiger partial charge in [-0.15, -0.1) is 0 Å². The van der Waals surface area contributed by atoms with Crippen LogP contribution in [0.5, 0.6) is 0 Å². The Labute approximate surface area is 155 Å². The maximum Gasteiger partial charge on any atom is 0.270 e. The van der Waals surface area contributed by atoms with Crippen molar-refractivity contribution in [2.75, 3.05) is 11.9 Å². The number of nitrogens with one attached hydrogen (secondary N) is 2. The van der Waals surface area contributed by atoms with Gasteiger partial charge in [-0.1, -0.05) is 48.5 Å². The molecule has 0 atom stereocenters. The van der Waals surface area contributed by atoms with E-state index in [1.54, 1.807) is 19.1 Å². The van der Waals surface area contributed by atoms with Gasteiger partial charge in [0.15, 0.2) is 0 Å². The van der Waals surface area contributed by atoms with Gasteiger partial charge in [-0.25, -0.2) is 5.43 Å². The molecule has 0 heterocycles. The predicted molar refractivity (Wildman–Crippen MR) is 106 cm³/mol. The second-order valence-corrected chi connectivity index (χ2v) is 5.92. The third-order valence-corrected chi connectivity index (χ3v) is 4.05. The molecular weight excluding hydrogens is 344 g/mol. The number of nitro groups is 1. The van der Waals surface area contributed by atoms with Gasteiger partial charge in [0.2, 0.25) is 0 Å². The SMILES string of the molecule is C/C(=N\NC(=O)CNc1cccc2ccccc12)c1cccc([N+](=O)[O-])c1. The number of fused-ring (bicyclic) bond motifs is 1. The number of hydrogen-bond acceptors (Lipinski definition) is 5. The van der Waals surface area contributed by atoms with E-state index in [9.17, 15) is 14.9 Å². The fourth-order valence-corrected chi connectivity index (χ4v) is 2.65. The standard InChI is InChI=1S/C20H18N4O3/c1-14(16-8-4-9-17(12-16)24(26)27)22-23-20(25)13-21-19-11-5-7-15-6-2-3-10-18(15)19/h2-12,21H,13H2,1H3,(H,23,25)/b22-14+. The van der Waals surface area contributed by atoms with Crippen LogP contribution in [0, 0.1) is 10.1 Å². The Bertz CT molecular complexity index is 1030. The monoisotopic (exact) mass is 362 g/mol. The van der Waals surface area contributed by atoms with E-state index in [0.29, 0.717) is 11.3 Å². The van der Waals surface area contributed by atoms with E-state index in [1.807, 2.05) is 42.5 Å². The summed E-state index contributed by atoms with van der Waals surface area (Å²) in [6.07, 6.45) is 0. The lowest BCUT2D eigenvalue weighted by Gasteiger charge is -2.09. The highest BCUT2D eigenvalue weighted by Crippen LogP contribution is 2.22. The highest BCUT2D eigenvalue weighted by molar-refractivity contribution is 6.00. The zero-order valence-electron chi connectivity index (χ0n) is 14.7. The number of rotatable bonds is 6. The summed E-state index contributed by atoms with van der Waals surface area (Å²) >= 11 is 0. The maximum absolute atomic E-state index is 12.1. The topological polar surface area (TPSA) is 96.6 Å². The van der Waals surface area contributed by atoms with Crippen molar-refractivity contribution in [3.63, 3.8) is 0 Å². The van der Waals surface area contributed by atoms with Gasteiger partial charge in [0.05, 0.1) is 17.2 Å². The number of carbonyl (C=O) groups is 1. The summed E-state index contributed by atoms with van der Waals surface area (Å²) < 4.78 is 0. The van der Waals surface area contributed by atoms with Crippen LogP contribution in [0.15, 0.2) is 71.8 Å². The second kappa shape index (κ2) is 8.09. The van der Waals surface area contributed by atoms with Crippen molar-refractivity contribution in [3.8, 4) is 0 Å².